The highest BCUT2D eigenvalue weighted by Gasteiger charge is 2.17. The van der Waals surface area contributed by atoms with E-state index in [2.05, 4.69) is 10.5 Å². The van der Waals surface area contributed by atoms with E-state index in [-0.39, 0.29) is 12.5 Å². The quantitative estimate of drug-likeness (QED) is 0.530. The minimum Gasteiger partial charge on any atom is -0.454 e. The smallest absolute Gasteiger partial charge is 0.271 e. The molecule has 2 aromatic rings. The summed E-state index contributed by atoms with van der Waals surface area (Å²) in [5.41, 5.74) is 3.94. The summed E-state index contributed by atoms with van der Waals surface area (Å²) in [4.78, 5) is 10.2. The molecule has 0 saturated heterocycles. The Morgan fingerprint density at radius 1 is 1.32 bits per heavy atom. The van der Waals surface area contributed by atoms with Crippen LogP contribution in [0.25, 0.3) is 0 Å². The highest BCUT2D eigenvalue weighted by Crippen LogP contribution is 2.39. The molecule has 0 saturated carbocycles. The minimum absolute atomic E-state index is 0.00803. The summed E-state index contributed by atoms with van der Waals surface area (Å²) in [6.07, 6.45) is 1.53. The highest BCUT2D eigenvalue weighted by atomic mass is 35.5. The summed E-state index contributed by atoms with van der Waals surface area (Å²) < 4.78 is 10.5. The maximum atomic E-state index is 10.7. The van der Waals surface area contributed by atoms with Crippen LogP contribution in [0, 0.1) is 10.1 Å². The van der Waals surface area contributed by atoms with Crippen molar-refractivity contribution < 1.29 is 14.4 Å². The zero-order valence-electron chi connectivity index (χ0n) is 11.2. The molecular formula is C14H10ClN3O4. The third-order valence-corrected chi connectivity index (χ3v) is 3.19. The molecule has 0 bridgehead atoms. The zero-order chi connectivity index (χ0) is 15.5. The summed E-state index contributed by atoms with van der Waals surface area (Å²) >= 11 is 6.06. The zero-order valence-corrected chi connectivity index (χ0v) is 11.9. The number of halogens is 1. The van der Waals surface area contributed by atoms with Gasteiger partial charge in [0.05, 0.1) is 21.8 Å². The number of ether oxygens (including phenoxy) is 2. The second-order valence-electron chi connectivity index (χ2n) is 4.41. The third-order valence-electron chi connectivity index (χ3n) is 2.91. The monoisotopic (exact) mass is 319 g/mol. The summed E-state index contributed by atoms with van der Waals surface area (Å²) in [5, 5.41) is 15.2. The van der Waals surface area contributed by atoms with Crippen molar-refractivity contribution in [1.29, 1.82) is 0 Å². The number of hydrogen-bond donors (Lipinski definition) is 1. The molecule has 8 heteroatoms. The number of hydrogen-bond acceptors (Lipinski definition) is 6. The van der Waals surface area contributed by atoms with Crippen molar-refractivity contribution in [2.45, 2.75) is 0 Å². The van der Waals surface area contributed by atoms with Gasteiger partial charge in [-0.15, -0.1) is 0 Å². The molecule has 0 aromatic heterocycles. The van der Waals surface area contributed by atoms with Crippen molar-refractivity contribution in [3.63, 3.8) is 0 Å². The van der Waals surface area contributed by atoms with Crippen molar-refractivity contribution >= 4 is 29.2 Å². The van der Waals surface area contributed by atoms with E-state index in [1.807, 2.05) is 0 Å². The molecule has 2 aromatic carbocycles. The van der Waals surface area contributed by atoms with Crippen molar-refractivity contribution in [2.75, 3.05) is 12.2 Å². The predicted molar refractivity (Wildman–Crippen MR) is 81.9 cm³/mol. The fourth-order valence-corrected chi connectivity index (χ4v) is 2.21. The Hall–Kier alpha value is -2.80. The number of rotatable bonds is 4. The Labute approximate surface area is 130 Å². The van der Waals surface area contributed by atoms with E-state index in [1.165, 1.54) is 18.3 Å². The average molecular weight is 320 g/mol. The Balaban J connectivity index is 1.74. The molecule has 0 atom stereocenters. The van der Waals surface area contributed by atoms with E-state index < -0.39 is 4.92 Å². The number of fused-ring (bicyclic) bond motifs is 1. The van der Waals surface area contributed by atoms with Gasteiger partial charge in [0.25, 0.3) is 5.69 Å². The average Bonchev–Trinajstić information content (AvgIpc) is 2.96. The van der Waals surface area contributed by atoms with Crippen molar-refractivity contribution in [1.82, 2.24) is 0 Å². The van der Waals surface area contributed by atoms with E-state index >= 15 is 0 Å². The number of nitrogens with zero attached hydrogens (tertiary/aromatic N) is 2. The lowest BCUT2D eigenvalue weighted by molar-refractivity contribution is -0.384. The summed E-state index contributed by atoms with van der Waals surface area (Å²) in [6, 6.07) is 9.49. The largest absolute Gasteiger partial charge is 0.454 e. The fraction of sp³-hybridized carbons (Fsp3) is 0.0714. The van der Waals surface area contributed by atoms with E-state index in [1.54, 1.807) is 24.3 Å². The molecule has 0 spiro atoms. The molecule has 1 aliphatic heterocycles. The molecule has 1 heterocycles. The first-order valence-corrected chi connectivity index (χ1v) is 6.64. The number of nitrogens with one attached hydrogen (secondary N) is 1. The van der Waals surface area contributed by atoms with E-state index in [0.29, 0.717) is 27.8 Å². The number of benzene rings is 2. The highest BCUT2D eigenvalue weighted by molar-refractivity contribution is 6.32. The Morgan fingerprint density at radius 3 is 3.00 bits per heavy atom. The number of anilines is 1. The number of nitro benzene ring substituents is 1. The standard InChI is InChI=1S/C14H10ClN3O4/c15-12-4-9(5-13-14(12)22-8-21-13)7-16-17-10-2-1-3-11(6-10)18(19)20/h1-7,17H,8H2/b16-7-. The second kappa shape index (κ2) is 5.90. The van der Waals surface area contributed by atoms with Crippen LogP contribution >= 0.6 is 11.6 Å². The van der Waals surface area contributed by atoms with Crippen molar-refractivity contribution in [2.24, 2.45) is 5.10 Å². The second-order valence-corrected chi connectivity index (χ2v) is 4.82. The predicted octanol–water partition coefficient (Wildman–Crippen LogP) is 3.42. The van der Waals surface area contributed by atoms with Crippen LogP contribution in [0.1, 0.15) is 5.56 Å². The number of hydrazone groups is 1. The molecule has 0 fully saturated rings. The molecule has 7 nitrogen and oxygen atoms in total. The maximum absolute atomic E-state index is 10.7. The van der Waals surface area contributed by atoms with Gasteiger partial charge in [0, 0.05) is 12.1 Å². The van der Waals surface area contributed by atoms with Gasteiger partial charge in [0.15, 0.2) is 11.5 Å². The van der Waals surface area contributed by atoms with Gasteiger partial charge < -0.3 is 9.47 Å². The van der Waals surface area contributed by atoms with Gasteiger partial charge >= 0.3 is 0 Å². The third kappa shape index (κ3) is 2.94. The van der Waals surface area contributed by atoms with Crippen molar-refractivity contribution in [3.8, 4) is 11.5 Å². The number of non-ortho nitro benzene ring substituents is 1. The lowest BCUT2D eigenvalue weighted by atomic mass is 10.2. The summed E-state index contributed by atoms with van der Waals surface area (Å²) in [6.45, 7) is 0.140. The molecule has 1 N–H and O–H groups in total. The lowest BCUT2D eigenvalue weighted by Crippen LogP contribution is -1.93. The van der Waals surface area contributed by atoms with Gasteiger partial charge in [0.1, 0.15) is 0 Å². The molecule has 0 unspecified atom stereocenters. The maximum Gasteiger partial charge on any atom is 0.271 e. The molecule has 112 valence electrons. The molecule has 3 rings (SSSR count). The first-order chi connectivity index (χ1) is 10.6. The van der Waals surface area contributed by atoms with Gasteiger partial charge in [-0.05, 0) is 23.8 Å². The first-order valence-electron chi connectivity index (χ1n) is 6.26. The normalized spacial score (nSPS) is 12.6. The van der Waals surface area contributed by atoms with Crippen LogP contribution in [-0.4, -0.2) is 17.9 Å². The Kier molecular flexibility index (Phi) is 3.80. The molecule has 0 aliphatic carbocycles. The van der Waals surface area contributed by atoms with Crippen LogP contribution in [0.3, 0.4) is 0 Å². The molecule has 0 amide bonds. The Bertz CT molecular complexity index is 764. The lowest BCUT2D eigenvalue weighted by Gasteiger charge is -2.02. The van der Waals surface area contributed by atoms with Crippen LogP contribution in [0.15, 0.2) is 41.5 Å². The van der Waals surface area contributed by atoms with E-state index in [4.69, 9.17) is 21.1 Å². The van der Waals surface area contributed by atoms with E-state index in [9.17, 15) is 10.1 Å². The first kappa shape index (κ1) is 14.2. The topological polar surface area (TPSA) is 86.0 Å². The van der Waals surface area contributed by atoms with Gasteiger partial charge in [-0.25, -0.2) is 0 Å². The SMILES string of the molecule is O=[N+]([O-])c1cccc(N/N=C\c2cc(Cl)c3c(c2)OCO3)c1. The number of nitro groups is 1. The molecule has 1 aliphatic rings. The van der Waals surface area contributed by atoms with Crippen molar-refractivity contribution in [3.05, 3.63) is 57.1 Å². The van der Waals surface area contributed by atoms with Crippen LogP contribution in [-0.2, 0) is 0 Å². The molecule has 0 radical (unpaired) electrons. The molecular weight excluding hydrogens is 310 g/mol. The summed E-state index contributed by atoms with van der Waals surface area (Å²) in [5.74, 6) is 1.08. The Morgan fingerprint density at radius 2 is 2.18 bits per heavy atom. The van der Waals surface area contributed by atoms with Crippen LogP contribution < -0.4 is 14.9 Å². The van der Waals surface area contributed by atoms with Gasteiger partial charge in [-0.2, -0.15) is 5.10 Å². The summed E-state index contributed by atoms with van der Waals surface area (Å²) in [7, 11) is 0. The van der Waals surface area contributed by atoms with Gasteiger partial charge in [-0.1, -0.05) is 17.7 Å². The van der Waals surface area contributed by atoms with Crippen LogP contribution in [0.4, 0.5) is 11.4 Å². The van der Waals surface area contributed by atoms with Gasteiger partial charge in [0.2, 0.25) is 6.79 Å². The van der Waals surface area contributed by atoms with E-state index in [0.717, 1.165) is 0 Å². The van der Waals surface area contributed by atoms with Gasteiger partial charge in [-0.3, -0.25) is 15.5 Å². The minimum atomic E-state index is -0.466. The molecule has 22 heavy (non-hydrogen) atoms. The van der Waals surface area contributed by atoms with Crippen LogP contribution in [0.5, 0.6) is 11.5 Å². The fourth-order valence-electron chi connectivity index (χ4n) is 1.93. The van der Waals surface area contributed by atoms with Crippen LogP contribution in [0.2, 0.25) is 5.02 Å².